The van der Waals surface area contributed by atoms with Gasteiger partial charge in [-0.05, 0) is 30.3 Å². The minimum absolute atomic E-state index is 0.160. The van der Waals surface area contributed by atoms with E-state index in [2.05, 4.69) is 15.9 Å². The van der Waals surface area contributed by atoms with Gasteiger partial charge < -0.3 is 14.2 Å². The summed E-state index contributed by atoms with van der Waals surface area (Å²) >= 11 is 0. The van der Waals surface area contributed by atoms with Crippen LogP contribution in [0.15, 0.2) is 42.9 Å². The van der Waals surface area contributed by atoms with Crippen LogP contribution >= 0.6 is 0 Å². The fourth-order valence-corrected chi connectivity index (χ4v) is 2.34. The number of hydrogen-bond donors (Lipinski definition) is 0. The summed E-state index contributed by atoms with van der Waals surface area (Å²) in [6, 6.07) is 8.89. The average molecular weight is 320 g/mol. The van der Waals surface area contributed by atoms with Crippen LogP contribution in [0.4, 0.5) is 5.69 Å². The number of aromatic nitrogens is 3. The van der Waals surface area contributed by atoms with E-state index in [1.54, 1.807) is 54.8 Å². The highest BCUT2D eigenvalue weighted by atomic mass is 16.5. The number of aryl methyl sites for hydroxylation is 1. The van der Waals surface area contributed by atoms with E-state index in [9.17, 15) is 4.79 Å². The summed E-state index contributed by atoms with van der Waals surface area (Å²) in [4.78, 5) is 22.7. The van der Waals surface area contributed by atoms with Gasteiger partial charge in [-0.1, -0.05) is 5.92 Å². The molecule has 0 spiro atoms. The molecule has 0 fully saturated rings. The second kappa shape index (κ2) is 6.42. The molecule has 2 aromatic heterocycles. The Morgan fingerprint density at radius 2 is 2.08 bits per heavy atom. The number of carbonyl (C=O) groups excluding carboxylic acids is 1. The van der Waals surface area contributed by atoms with E-state index in [4.69, 9.17) is 11.2 Å². The lowest BCUT2D eigenvalue weighted by Crippen LogP contribution is -2.26. The highest BCUT2D eigenvalue weighted by molar-refractivity contribution is 6.06. The number of anilines is 1. The van der Waals surface area contributed by atoms with Gasteiger partial charge in [0.1, 0.15) is 17.9 Å². The van der Waals surface area contributed by atoms with Gasteiger partial charge in [-0.2, -0.15) is 0 Å². The molecule has 0 saturated heterocycles. The molecule has 6 nitrogen and oxygen atoms in total. The van der Waals surface area contributed by atoms with Crippen LogP contribution in [0, 0.1) is 12.3 Å². The molecular formula is C18H16N4O2. The van der Waals surface area contributed by atoms with E-state index in [0.717, 1.165) is 11.3 Å². The van der Waals surface area contributed by atoms with E-state index in [1.807, 2.05) is 11.6 Å². The molecule has 0 N–H and O–H groups in total. The number of hydrogen-bond acceptors (Lipinski definition) is 4. The molecule has 0 saturated carbocycles. The van der Waals surface area contributed by atoms with Gasteiger partial charge in [0.25, 0.3) is 5.91 Å². The molecule has 0 aliphatic heterocycles. The van der Waals surface area contributed by atoms with E-state index in [1.165, 1.54) is 0 Å². The van der Waals surface area contributed by atoms with Gasteiger partial charge in [-0.3, -0.25) is 4.79 Å². The third-order valence-electron chi connectivity index (χ3n) is 3.65. The molecule has 3 aromatic rings. The van der Waals surface area contributed by atoms with Crippen molar-refractivity contribution >= 4 is 22.8 Å². The number of terminal acetylenes is 1. The Bertz CT molecular complexity index is 922. The van der Waals surface area contributed by atoms with Gasteiger partial charge in [0.05, 0.1) is 11.9 Å². The normalized spacial score (nSPS) is 10.4. The lowest BCUT2D eigenvalue weighted by atomic mass is 10.2. The first-order valence-corrected chi connectivity index (χ1v) is 7.31. The first kappa shape index (κ1) is 15.6. The summed E-state index contributed by atoms with van der Waals surface area (Å²) in [7, 11) is 3.57. The van der Waals surface area contributed by atoms with Gasteiger partial charge in [-0.25, -0.2) is 9.97 Å². The number of fused-ring (bicyclic) bond motifs is 1. The van der Waals surface area contributed by atoms with Gasteiger partial charge in [0.15, 0.2) is 5.65 Å². The lowest BCUT2D eigenvalue weighted by molar-refractivity contribution is 0.0993. The highest BCUT2D eigenvalue weighted by Gasteiger charge is 2.15. The molecule has 1 amide bonds. The Kier molecular flexibility index (Phi) is 4.17. The fourth-order valence-electron chi connectivity index (χ4n) is 2.34. The van der Waals surface area contributed by atoms with Crippen LogP contribution in [-0.2, 0) is 7.05 Å². The van der Waals surface area contributed by atoms with Gasteiger partial charge >= 0.3 is 0 Å². The van der Waals surface area contributed by atoms with Crippen molar-refractivity contribution in [3.63, 3.8) is 0 Å². The van der Waals surface area contributed by atoms with Crippen LogP contribution in [0.1, 0.15) is 10.4 Å². The molecule has 120 valence electrons. The van der Waals surface area contributed by atoms with Crippen LogP contribution in [0.3, 0.4) is 0 Å². The summed E-state index contributed by atoms with van der Waals surface area (Å²) in [5.74, 6) is 2.91. The summed E-state index contributed by atoms with van der Waals surface area (Å²) < 4.78 is 7.13. The zero-order valence-electron chi connectivity index (χ0n) is 13.4. The third-order valence-corrected chi connectivity index (χ3v) is 3.65. The third kappa shape index (κ3) is 2.92. The number of amides is 1. The minimum Gasteiger partial charge on any atom is -0.481 e. The maximum Gasteiger partial charge on any atom is 0.259 e. The van der Waals surface area contributed by atoms with Gasteiger partial charge in [0, 0.05) is 26.0 Å². The first-order valence-electron chi connectivity index (χ1n) is 7.31. The summed E-state index contributed by atoms with van der Waals surface area (Å²) in [5.41, 5.74) is 2.66. The predicted octanol–water partition coefficient (Wildman–Crippen LogP) is 2.26. The van der Waals surface area contributed by atoms with Crippen LogP contribution in [-0.4, -0.2) is 34.1 Å². The van der Waals surface area contributed by atoms with Gasteiger partial charge in [-0.15, -0.1) is 6.42 Å². The van der Waals surface area contributed by atoms with Crippen molar-refractivity contribution in [3.8, 4) is 18.1 Å². The Balaban J connectivity index is 1.81. The van der Waals surface area contributed by atoms with Gasteiger partial charge in [0.2, 0.25) is 0 Å². The fraction of sp³-hybridized carbons (Fsp3) is 0.167. The van der Waals surface area contributed by atoms with Crippen molar-refractivity contribution in [2.24, 2.45) is 7.05 Å². The number of pyridine rings is 1. The molecule has 3 rings (SSSR count). The van der Waals surface area contributed by atoms with Crippen molar-refractivity contribution < 1.29 is 9.53 Å². The molecule has 0 unspecified atom stereocenters. The maximum absolute atomic E-state index is 12.6. The molecule has 0 radical (unpaired) electrons. The Morgan fingerprint density at radius 3 is 2.79 bits per heavy atom. The van der Waals surface area contributed by atoms with Crippen LogP contribution in [0.2, 0.25) is 0 Å². The standard InChI is InChI=1S/C18H16N4O2/c1-4-9-24-15-7-5-14(6-8-15)22(3)18(23)13-10-16-17(19-11-13)21(2)12-20-16/h1,5-8,10-12H,9H2,2-3H3. The molecule has 0 aliphatic rings. The number of rotatable bonds is 4. The summed E-state index contributed by atoms with van der Waals surface area (Å²) in [6.45, 7) is 0.212. The Morgan fingerprint density at radius 1 is 1.33 bits per heavy atom. The van der Waals surface area contributed by atoms with E-state index < -0.39 is 0 Å². The second-order valence-corrected chi connectivity index (χ2v) is 5.27. The van der Waals surface area contributed by atoms with Crippen LogP contribution < -0.4 is 9.64 Å². The van der Waals surface area contributed by atoms with E-state index in [0.29, 0.717) is 16.8 Å². The zero-order chi connectivity index (χ0) is 17.1. The quantitative estimate of drug-likeness (QED) is 0.692. The highest BCUT2D eigenvalue weighted by Crippen LogP contribution is 2.21. The average Bonchev–Trinajstić information content (AvgIpc) is 2.99. The maximum atomic E-state index is 12.6. The SMILES string of the molecule is C#CCOc1ccc(N(C)C(=O)c2cnc3c(c2)ncn3C)cc1. The molecule has 2 heterocycles. The monoisotopic (exact) mass is 320 g/mol. The van der Waals surface area contributed by atoms with Crippen molar-refractivity contribution in [3.05, 3.63) is 48.4 Å². The number of benzene rings is 1. The van der Waals surface area contributed by atoms with Crippen molar-refractivity contribution in [2.45, 2.75) is 0 Å². The molecule has 24 heavy (non-hydrogen) atoms. The van der Waals surface area contributed by atoms with Crippen molar-refractivity contribution in [1.29, 1.82) is 0 Å². The zero-order valence-corrected chi connectivity index (χ0v) is 13.4. The molecule has 0 bridgehead atoms. The largest absolute Gasteiger partial charge is 0.481 e. The number of imidazole rings is 1. The Hall–Kier alpha value is -3.33. The van der Waals surface area contributed by atoms with Crippen LogP contribution in [0.5, 0.6) is 5.75 Å². The van der Waals surface area contributed by atoms with E-state index in [-0.39, 0.29) is 12.5 Å². The number of ether oxygens (including phenoxy) is 1. The number of carbonyl (C=O) groups is 1. The predicted molar refractivity (Wildman–Crippen MR) is 92.0 cm³/mol. The molecule has 6 heteroatoms. The molecule has 0 atom stereocenters. The summed E-state index contributed by atoms with van der Waals surface area (Å²) in [6.07, 6.45) is 8.39. The van der Waals surface area contributed by atoms with Crippen molar-refractivity contribution in [2.75, 3.05) is 18.6 Å². The Labute approximate surface area is 139 Å². The first-order chi connectivity index (χ1) is 11.6. The van der Waals surface area contributed by atoms with Crippen molar-refractivity contribution in [1.82, 2.24) is 14.5 Å². The lowest BCUT2D eigenvalue weighted by Gasteiger charge is -2.17. The smallest absolute Gasteiger partial charge is 0.259 e. The number of nitrogens with zero attached hydrogens (tertiary/aromatic N) is 4. The molecule has 0 aliphatic carbocycles. The topological polar surface area (TPSA) is 60.2 Å². The minimum atomic E-state index is -0.160. The molecular weight excluding hydrogens is 304 g/mol. The summed E-state index contributed by atoms with van der Waals surface area (Å²) in [5, 5.41) is 0. The second-order valence-electron chi connectivity index (χ2n) is 5.27. The van der Waals surface area contributed by atoms with E-state index >= 15 is 0 Å². The van der Waals surface area contributed by atoms with Crippen LogP contribution in [0.25, 0.3) is 11.2 Å². The molecule has 1 aromatic carbocycles.